The van der Waals surface area contributed by atoms with Gasteiger partial charge in [0.1, 0.15) is 11.9 Å². The molecule has 1 aliphatic heterocycles. The molecule has 1 aromatic carbocycles. The Morgan fingerprint density at radius 1 is 1.36 bits per heavy atom. The third kappa shape index (κ3) is 4.00. The molecule has 3 heterocycles. The first kappa shape index (κ1) is 18.8. The second-order valence-corrected chi connectivity index (χ2v) is 7.46. The number of benzene rings is 1. The monoisotopic (exact) mass is 402 g/mol. The quantitative estimate of drug-likeness (QED) is 0.670. The van der Waals surface area contributed by atoms with Gasteiger partial charge in [0.05, 0.1) is 42.5 Å². The summed E-state index contributed by atoms with van der Waals surface area (Å²) in [6.07, 6.45) is 4.62. The first-order chi connectivity index (χ1) is 13.5. The van der Waals surface area contributed by atoms with Crippen molar-refractivity contribution in [1.82, 2.24) is 19.7 Å². The number of amides is 1. The molecule has 1 saturated heterocycles. The molecule has 146 valence electrons. The Morgan fingerprint density at radius 2 is 2.21 bits per heavy atom. The third-order valence-electron chi connectivity index (χ3n) is 4.90. The molecule has 0 N–H and O–H groups in total. The number of aromatic nitrogens is 3. The van der Waals surface area contributed by atoms with Gasteiger partial charge in [0.25, 0.3) is 0 Å². The second kappa shape index (κ2) is 7.85. The van der Waals surface area contributed by atoms with Crippen LogP contribution in [-0.4, -0.2) is 45.3 Å². The van der Waals surface area contributed by atoms with Crippen molar-refractivity contribution in [2.45, 2.75) is 19.6 Å². The van der Waals surface area contributed by atoms with Crippen LogP contribution in [-0.2, 0) is 16.1 Å². The molecule has 0 saturated carbocycles. The Balaban J connectivity index is 1.47. The number of morpholine rings is 1. The number of nitrogens with zero attached hydrogens (tertiary/aromatic N) is 4. The van der Waals surface area contributed by atoms with E-state index in [4.69, 9.17) is 16.3 Å². The molecule has 0 bridgehead atoms. The average molecular weight is 403 g/mol. The lowest BCUT2D eigenvalue weighted by Crippen LogP contribution is -2.45. The van der Waals surface area contributed by atoms with Gasteiger partial charge in [-0.15, -0.1) is 0 Å². The molecule has 2 aromatic heterocycles. The van der Waals surface area contributed by atoms with E-state index >= 15 is 0 Å². The molecule has 0 unspecified atom stereocenters. The third-order valence-corrected chi connectivity index (χ3v) is 5.09. The fraction of sp³-hybridized carbons (Fsp3) is 0.350. The molecule has 28 heavy (non-hydrogen) atoms. The van der Waals surface area contributed by atoms with Crippen LogP contribution >= 0.6 is 11.6 Å². The van der Waals surface area contributed by atoms with Gasteiger partial charge in [0, 0.05) is 24.3 Å². The van der Waals surface area contributed by atoms with E-state index < -0.39 is 0 Å². The van der Waals surface area contributed by atoms with E-state index in [2.05, 4.69) is 10.1 Å². The predicted molar refractivity (Wildman–Crippen MR) is 103 cm³/mol. The SMILES string of the molecule is C[C@@H](Cn1cc(Cl)cn1)C(=O)N1CCO[C@@H](c2cc3cc(F)ccc3cn2)C1. The highest BCUT2D eigenvalue weighted by molar-refractivity contribution is 6.30. The minimum absolute atomic E-state index is 0.0340. The Bertz CT molecular complexity index is 1010. The molecule has 6 nitrogen and oxygen atoms in total. The van der Waals surface area contributed by atoms with Gasteiger partial charge in [-0.3, -0.25) is 14.5 Å². The lowest BCUT2D eigenvalue weighted by molar-refractivity contribution is -0.143. The van der Waals surface area contributed by atoms with E-state index in [1.165, 1.54) is 12.1 Å². The van der Waals surface area contributed by atoms with Crippen molar-refractivity contribution in [1.29, 1.82) is 0 Å². The molecule has 1 fully saturated rings. The van der Waals surface area contributed by atoms with Crippen molar-refractivity contribution in [2.24, 2.45) is 5.92 Å². The number of hydrogen-bond donors (Lipinski definition) is 0. The van der Waals surface area contributed by atoms with Crippen LogP contribution in [0.15, 0.2) is 42.9 Å². The van der Waals surface area contributed by atoms with Crippen LogP contribution in [0.5, 0.6) is 0 Å². The second-order valence-electron chi connectivity index (χ2n) is 7.03. The van der Waals surface area contributed by atoms with Crippen molar-refractivity contribution in [3.05, 3.63) is 59.4 Å². The molecule has 1 amide bonds. The van der Waals surface area contributed by atoms with E-state index in [0.29, 0.717) is 37.0 Å². The van der Waals surface area contributed by atoms with Crippen molar-refractivity contribution in [3.63, 3.8) is 0 Å². The van der Waals surface area contributed by atoms with Crippen LogP contribution in [0.25, 0.3) is 10.8 Å². The summed E-state index contributed by atoms with van der Waals surface area (Å²) in [4.78, 5) is 19.1. The number of ether oxygens (including phenoxy) is 1. The molecule has 3 aromatic rings. The van der Waals surface area contributed by atoms with Crippen molar-refractivity contribution in [3.8, 4) is 0 Å². The molecule has 0 spiro atoms. The zero-order valence-electron chi connectivity index (χ0n) is 15.4. The molecule has 0 aliphatic carbocycles. The number of fused-ring (bicyclic) bond motifs is 1. The number of pyridine rings is 1. The first-order valence-corrected chi connectivity index (χ1v) is 9.51. The van der Waals surface area contributed by atoms with Gasteiger partial charge in [-0.25, -0.2) is 4.39 Å². The van der Waals surface area contributed by atoms with Crippen LogP contribution in [0.4, 0.5) is 4.39 Å². The summed E-state index contributed by atoms with van der Waals surface area (Å²) in [6.45, 7) is 3.71. The van der Waals surface area contributed by atoms with Gasteiger partial charge < -0.3 is 9.64 Å². The largest absolute Gasteiger partial charge is 0.368 e. The molecule has 4 rings (SSSR count). The van der Waals surface area contributed by atoms with E-state index in [0.717, 1.165) is 10.8 Å². The predicted octanol–water partition coefficient (Wildman–Crippen LogP) is 3.46. The molecule has 0 radical (unpaired) electrons. The average Bonchev–Trinajstić information content (AvgIpc) is 3.11. The maximum atomic E-state index is 13.5. The topological polar surface area (TPSA) is 60.2 Å². The van der Waals surface area contributed by atoms with Gasteiger partial charge in [0.15, 0.2) is 0 Å². The summed E-state index contributed by atoms with van der Waals surface area (Å²) in [7, 11) is 0. The Labute approximate surface area is 166 Å². The lowest BCUT2D eigenvalue weighted by atomic mass is 10.1. The maximum Gasteiger partial charge on any atom is 0.227 e. The summed E-state index contributed by atoms with van der Waals surface area (Å²) in [5, 5.41) is 6.30. The fourth-order valence-corrected chi connectivity index (χ4v) is 3.60. The van der Waals surface area contributed by atoms with Gasteiger partial charge in [-0.2, -0.15) is 5.10 Å². The minimum atomic E-state index is -0.336. The van der Waals surface area contributed by atoms with E-state index in [9.17, 15) is 9.18 Å². The normalized spacial score (nSPS) is 18.4. The van der Waals surface area contributed by atoms with Gasteiger partial charge in [-0.1, -0.05) is 18.5 Å². The molecule has 1 aliphatic rings. The zero-order valence-corrected chi connectivity index (χ0v) is 16.1. The number of carbonyl (C=O) groups is 1. The van der Waals surface area contributed by atoms with Crippen LogP contribution in [0.3, 0.4) is 0 Å². The van der Waals surface area contributed by atoms with E-state index in [1.807, 2.05) is 13.0 Å². The smallest absolute Gasteiger partial charge is 0.227 e. The van der Waals surface area contributed by atoms with Crippen LogP contribution < -0.4 is 0 Å². The standard InChI is InChI=1S/C20H20ClFN4O2/c1-13(10-26-11-16(21)9-24-26)20(27)25-4-5-28-19(12-25)18-7-15-6-17(22)3-2-14(15)8-23-18/h2-3,6-9,11,13,19H,4-5,10,12H2,1H3/t13-,19+/m0/s1. The summed E-state index contributed by atoms with van der Waals surface area (Å²) in [5.74, 6) is -0.501. The van der Waals surface area contributed by atoms with Gasteiger partial charge in [-0.05, 0) is 29.7 Å². The van der Waals surface area contributed by atoms with Gasteiger partial charge in [0.2, 0.25) is 5.91 Å². The first-order valence-electron chi connectivity index (χ1n) is 9.13. The van der Waals surface area contributed by atoms with E-state index in [1.54, 1.807) is 34.2 Å². The maximum absolute atomic E-state index is 13.5. The Hall–Kier alpha value is -2.51. The molecular formula is C20H20ClFN4O2. The Kier molecular flexibility index (Phi) is 5.28. The Morgan fingerprint density at radius 3 is 3.00 bits per heavy atom. The number of rotatable bonds is 4. The highest BCUT2D eigenvalue weighted by Gasteiger charge is 2.29. The lowest BCUT2D eigenvalue weighted by Gasteiger charge is -2.34. The molecular weight excluding hydrogens is 383 g/mol. The van der Waals surface area contributed by atoms with Crippen molar-refractivity contribution >= 4 is 28.3 Å². The summed E-state index contributed by atoms with van der Waals surface area (Å²) in [5.41, 5.74) is 0.696. The summed E-state index contributed by atoms with van der Waals surface area (Å²) >= 11 is 5.88. The highest BCUT2D eigenvalue weighted by Crippen LogP contribution is 2.25. The number of carbonyl (C=O) groups excluding carboxylic acids is 1. The fourth-order valence-electron chi connectivity index (χ4n) is 3.44. The highest BCUT2D eigenvalue weighted by atomic mass is 35.5. The van der Waals surface area contributed by atoms with Crippen LogP contribution in [0, 0.1) is 11.7 Å². The van der Waals surface area contributed by atoms with E-state index in [-0.39, 0.29) is 23.7 Å². The zero-order chi connectivity index (χ0) is 19.7. The molecule has 8 heteroatoms. The van der Waals surface area contributed by atoms with Crippen LogP contribution in [0.1, 0.15) is 18.7 Å². The molecule has 2 atom stereocenters. The van der Waals surface area contributed by atoms with Crippen LogP contribution in [0.2, 0.25) is 5.02 Å². The summed E-state index contributed by atoms with van der Waals surface area (Å²) in [6, 6.07) is 6.41. The summed E-state index contributed by atoms with van der Waals surface area (Å²) < 4.78 is 21.0. The number of halogens is 2. The number of hydrogen-bond acceptors (Lipinski definition) is 4. The van der Waals surface area contributed by atoms with Gasteiger partial charge >= 0.3 is 0 Å². The van der Waals surface area contributed by atoms with Crippen molar-refractivity contribution in [2.75, 3.05) is 19.7 Å². The minimum Gasteiger partial charge on any atom is -0.368 e. The van der Waals surface area contributed by atoms with Crippen molar-refractivity contribution < 1.29 is 13.9 Å².